The first-order valence-electron chi connectivity index (χ1n) is 5.40. The summed E-state index contributed by atoms with van der Waals surface area (Å²) in [6, 6.07) is 8.11. The summed E-state index contributed by atoms with van der Waals surface area (Å²) in [5.74, 6) is -1.06. The van der Waals surface area contributed by atoms with Crippen molar-refractivity contribution in [1.29, 1.82) is 0 Å². The number of aryl methyl sites for hydroxylation is 1. The second kappa shape index (κ2) is 4.78. The third-order valence-electron chi connectivity index (χ3n) is 2.51. The van der Waals surface area contributed by atoms with E-state index in [1.165, 1.54) is 16.6 Å². The summed E-state index contributed by atoms with van der Waals surface area (Å²) in [6.45, 7) is 2.58. The lowest BCUT2D eigenvalue weighted by Crippen LogP contribution is -2.05. The molecule has 0 fully saturated rings. The molecule has 0 unspecified atom stereocenters. The molecule has 0 aliphatic heterocycles. The van der Waals surface area contributed by atoms with Crippen LogP contribution in [0.3, 0.4) is 0 Å². The predicted octanol–water partition coefficient (Wildman–Crippen LogP) is 1.59. The van der Waals surface area contributed by atoms with Crippen LogP contribution in [-0.4, -0.2) is 26.1 Å². The molecule has 0 aliphatic rings. The van der Waals surface area contributed by atoms with E-state index >= 15 is 0 Å². The fourth-order valence-corrected chi connectivity index (χ4v) is 1.52. The molecule has 1 heterocycles. The molecule has 0 aliphatic carbocycles. The molecule has 0 radical (unpaired) electrons. The lowest BCUT2D eigenvalue weighted by molar-refractivity contribution is 0.0689. The Morgan fingerprint density at radius 2 is 1.94 bits per heavy atom. The molecule has 0 saturated heterocycles. The zero-order valence-corrected chi connectivity index (χ0v) is 9.50. The molecule has 0 bridgehead atoms. The lowest BCUT2D eigenvalue weighted by atomic mass is 10.1. The molecule has 1 aromatic heterocycles. The molecule has 1 aromatic carbocycles. The van der Waals surface area contributed by atoms with Crippen LogP contribution >= 0.6 is 0 Å². The number of nitrogens with zero attached hydrogens (tertiary/aromatic N) is 3. The first-order valence-corrected chi connectivity index (χ1v) is 5.40. The average Bonchev–Trinajstić information content (AvgIpc) is 2.79. The number of carboxylic acids is 1. The van der Waals surface area contributed by atoms with Gasteiger partial charge in [0, 0.05) is 0 Å². The highest BCUT2D eigenvalue weighted by atomic mass is 16.4. The summed E-state index contributed by atoms with van der Waals surface area (Å²) in [4.78, 5) is 12.0. The molecule has 17 heavy (non-hydrogen) atoms. The van der Waals surface area contributed by atoms with Gasteiger partial charge in [0.1, 0.15) is 0 Å². The molecule has 1 N–H and O–H groups in total. The fourth-order valence-electron chi connectivity index (χ4n) is 1.52. The van der Waals surface area contributed by atoms with Crippen molar-refractivity contribution >= 4 is 5.97 Å². The van der Waals surface area contributed by atoms with Crippen molar-refractivity contribution in [3.05, 3.63) is 47.3 Å². The van der Waals surface area contributed by atoms with Crippen LogP contribution in [0.5, 0.6) is 0 Å². The van der Waals surface area contributed by atoms with Crippen LogP contribution in [0.1, 0.15) is 28.5 Å². The number of benzene rings is 1. The minimum absolute atomic E-state index is 0.0322. The van der Waals surface area contributed by atoms with E-state index in [-0.39, 0.29) is 5.69 Å². The Balaban J connectivity index is 2.11. The van der Waals surface area contributed by atoms with Crippen LogP contribution in [0, 0.1) is 0 Å². The normalized spacial score (nSPS) is 10.4. The highest BCUT2D eigenvalue weighted by Crippen LogP contribution is 2.06. The van der Waals surface area contributed by atoms with Gasteiger partial charge in [-0.25, -0.2) is 4.79 Å². The van der Waals surface area contributed by atoms with Crippen LogP contribution in [0.2, 0.25) is 0 Å². The monoisotopic (exact) mass is 231 g/mol. The SMILES string of the molecule is CCc1ccc(Cn2ncc(C(=O)O)n2)cc1. The largest absolute Gasteiger partial charge is 0.476 e. The van der Waals surface area contributed by atoms with E-state index in [4.69, 9.17) is 5.11 Å². The molecule has 5 nitrogen and oxygen atoms in total. The Hall–Kier alpha value is -2.17. The fraction of sp³-hybridized carbons (Fsp3) is 0.250. The topological polar surface area (TPSA) is 68.0 Å². The van der Waals surface area contributed by atoms with E-state index < -0.39 is 5.97 Å². The summed E-state index contributed by atoms with van der Waals surface area (Å²) in [5, 5.41) is 16.5. The van der Waals surface area contributed by atoms with Gasteiger partial charge in [-0.05, 0) is 17.5 Å². The van der Waals surface area contributed by atoms with Crippen LogP contribution < -0.4 is 0 Å². The van der Waals surface area contributed by atoms with Crippen LogP contribution in [0.4, 0.5) is 0 Å². The Bertz CT molecular complexity index is 517. The zero-order chi connectivity index (χ0) is 12.3. The Kier molecular flexibility index (Phi) is 3.18. The van der Waals surface area contributed by atoms with Crippen molar-refractivity contribution in [2.75, 3.05) is 0 Å². The summed E-state index contributed by atoms with van der Waals surface area (Å²) in [6.07, 6.45) is 2.26. The number of aromatic carboxylic acids is 1. The van der Waals surface area contributed by atoms with E-state index in [9.17, 15) is 4.79 Å². The number of carboxylic acid groups (broad SMARTS) is 1. The molecule has 2 rings (SSSR count). The van der Waals surface area contributed by atoms with Gasteiger partial charge < -0.3 is 5.11 Å². The Morgan fingerprint density at radius 3 is 2.47 bits per heavy atom. The van der Waals surface area contributed by atoms with E-state index in [0.29, 0.717) is 6.54 Å². The summed E-state index contributed by atoms with van der Waals surface area (Å²) in [7, 11) is 0. The van der Waals surface area contributed by atoms with Crippen LogP contribution in [-0.2, 0) is 13.0 Å². The van der Waals surface area contributed by atoms with Crippen LogP contribution in [0.25, 0.3) is 0 Å². The first kappa shape index (κ1) is 11.3. The van der Waals surface area contributed by atoms with Crippen molar-refractivity contribution in [3.63, 3.8) is 0 Å². The molecule has 0 spiro atoms. The van der Waals surface area contributed by atoms with Gasteiger partial charge in [-0.15, -0.1) is 5.10 Å². The quantitative estimate of drug-likeness (QED) is 0.867. The number of rotatable bonds is 4. The van der Waals surface area contributed by atoms with Gasteiger partial charge in [0.15, 0.2) is 5.69 Å². The average molecular weight is 231 g/mol. The van der Waals surface area contributed by atoms with Crippen molar-refractivity contribution in [2.24, 2.45) is 0 Å². The first-order chi connectivity index (χ1) is 8.19. The van der Waals surface area contributed by atoms with Gasteiger partial charge in [0.25, 0.3) is 0 Å². The summed E-state index contributed by atoms with van der Waals surface area (Å²) >= 11 is 0. The summed E-state index contributed by atoms with van der Waals surface area (Å²) < 4.78 is 0. The van der Waals surface area contributed by atoms with Crippen molar-refractivity contribution in [2.45, 2.75) is 19.9 Å². The number of hydrogen-bond acceptors (Lipinski definition) is 3. The number of carbonyl (C=O) groups is 1. The second-order valence-electron chi connectivity index (χ2n) is 3.74. The van der Waals surface area contributed by atoms with E-state index in [1.807, 2.05) is 12.1 Å². The van der Waals surface area contributed by atoms with Gasteiger partial charge in [-0.2, -0.15) is 9.90 Å². The molecule has 2 aromatic rings. The van der Waals surface area contributed by atoms with Gasteiger partial charge in [0.2, 0.25) is 0 Å². The van der Waals surface area contributed by atoms with Gasteiger partial charge in [0.05, 0.1) is 12.7 Å². The van der Waals surface area contributed by atoms with Gasteiger partial charge >= 0.3 is 5.97 Å². The van der Waals surface area contributed by atoms with Crippen LogP contribution in [0.15, 0.2) is 30.5 Å². The second-order valence-corrected chi connectivity index (χ2v) is 3.74. The van der Waals surface area contributed by atoms with E-state index in [2.05, 4.69) is 29.3 Å². The molecular weight excluding hydrogens is 218 g/mol. The van der Waals surface area contributed by atoms with Gasteiger partial charge in [-0.3, -0.25) is 0 Å². The minimum Gasteiger partial charge on any atom is -0.476 e. The maximum Gasteiger partial charge on any atom is 0.358 e. The molecule has 0 atom stereocenters. The van der Waals surface area contributed by atoms with E-state index in [1.54, 1.807) is 0 Å². The third kappa shape index (κ3) is 2.69. The number of aromatic nitrogens is 3. The molecule has 0 saturated carbocycles. The highest BCUT2D eigenvalue weighted by Gasteiger charge is 2.07. The molecule has 5 heteroatoms. The van der Waals surface area contributed by atoms with Crippen molar-refractivity contribution < 1.29 is 9.90 Å². The van der Waals surface area contributed by atoms with Crippen molar-refractivity contribution in [1.82, 2.24) is 15.0 Å². The third-order valence-corrected chi connectivity index (χ3v) is 2.51. The Morgan fingerprint density at radius 1 is 1.29 bits per heavy atom. The minimum atomic E-state index is -1.06. The van der Waals surface area contributed by atoms with Gasteiger partial charge in [-0.1, -0.05) is 31.2 Å². The van der Waals surface area contributed by atoms with Crippen molar-refractivity contribution in [3.8, 4) is 0 Å². The summed E-state index contributed by atoms with van der Waals surface area (Å²) in [5.41, 5.74) is 2.29. The predicted molar refractivity (Wildman–Crippen MR) is 61.9 cm³/mol. The number of hydrogen-bond donors (Lipinski definition) is 1. The van der Waals surface area contributed by atoms with E-state index in [0.717, 1.165) is 12.0 Å². The molecular formula is C12H13N3O2. The lowest BCUT2D eigenvalue weighted by Gasteiger charge is -2.01. The standard InChI is InChI=1S/C12H13N3O2/c1-2-9-3-5-10(6-4-9)8-15-13-7-11(14-15)12(16)17/h3-7H,2,8H2,1H3,(H,16,17). The molecule has 88 valence electrons. The maximum absolute atomic E-state index is 10.6. The highest BCUT2D eigenvalue weighted by molar-refractivity contribution is 5.84. The zero-order valence-electron chi connectivity index (χ0n) is 9.50. The maximum atomic E-state index is 10.6. The smallest absolute Gasteiger partial charge is 0.358 e. The molecule has 0 amide bonds. The Labute approximate surface area is 98.7 Å².